The summed E-state index contributed by atoms with van der Waals surface area (Å²) in [5, 5.41) is 8.44. The Morgan fingerprint density at radius 2 is 1.95 bits per heavy atom. The zero-order valence-electron chi connectivity index (χ0n) is 10.8. The number of H-pyrrole nitrogens is 1. The van der Waals surface area contributed by atoms with Gasteiger partial charge in [0.25, 0.3) is 0 Å². The number of nitrogens with one attached hydrogen (secondary N) is 1. The molecule has 0 aliphatic carbocycles. The van der Waals surface area contributed by atoms with Gasteiger partial charge in [0, 0.05) is 24.0 Å². The van der Waals surface area contributed by atoms with Crippen LogP contribution in [0.25, 0.3) is 22.6 Å². The van der Waals surface area contributed by atoms with Crippen molar-refractivity contribution in [1.82, 2.24) is 19.7 Å². The van der Waals surface area contributed by atoms with E-state index < -0.39 is 0 Å². The second kappa shape index (κ2) is 4.45. The quantitative estimate of drug-likeness (QED) is 0.771. The van der Waals surface area contributed by atoms with Crippen molar-refractivity contribution in [2.24, 2.45) is 4.99 Å². The number of aliphatic imine (C=N–C) groups is 1. The first kappa shape index (κ1) is 11.2. The van der Waals surface area contributed by atoms with Crippen LogP contribution in [-0.4, -0.2) is 32.5 Å². The van der Waals surface area contributed by atoms with E-state index in [0.29, 0.717) is 0 Å². The largest absolute Gasteiger partial charge is 0.360 e. The molecule has 0 spiro atoms. The van der Waals surface area contributed by atoms with Crippen molar-refractivity contribution in [3.8, 4) is 22.6 Å². The number of aromatic nitrogens is 4. The third-order valence-corrected chi connectivity index (χ3v) is 3.46. The van der Waals surface area contributed by atoms with E-state index in [0.717, 1.165) is 36.0 Å². The molecule has 5 nitrogen and oxygen atoms in total. The summed E-state index contributed by atoms with van der Waals surface area (Å²) in [7, 11) is 0. The second-order valence-electron chi connectivity index (χ2n) is 4.74. The van der Waals surface area contributed by atoms with Gasteiger partial charge in [-0.1, -0.05) is 30.3 Å². The average molecular weight is 263 g/mol. The highest BCUT2D eigenvalue weighted by Gasteiger charge is 2.15. The molecular formula is C15H13N5. The van der Waals surface area contributed by atoms with Crippen LogP contribution < -0.4 is 0 Å². The van der Waals surface area contributed by atoms with Crippen molar-refractivity contribution in [3.05, 3.63) is 48.4 Å². The highest BCUT2D eigenvalue weighted by atomic mass is 15.3. The van der Waals surface area contributed by atoms with Gasteiger partial charge in [-0.3, -0.25) is 4.99 Å². The number of hydrogen-bond acceptors (Lipinski definition) is 3. The van der Waals surface area contributed by atoms with Crippen molar-refractivity contribution < 1.29 is 0 Å². The Bertz CT molecular complexity index is 767. The van der Waals surface area contributed by atoms with Gasteiger partial charge < -0.3 is 9.55 Å². The molecule has 4 rings (SSSR count). The number of nitrogens with zero attached hydrogens (tertiary/aromatic N) is 4. The van der Waals surface area contributed by atoms with Crippen molar-refractivity contribution >= 4 is 6.21 Å². The Kier molecular flexibility index (Phi) is 2.48. The first-order valence-electron chi connectivity index (χ1n) is 6.59. The summed E-state index contributed by atoms with van der Waals surface area (Å²) in [5.74, 6) is 1.72. The van der Waals surface area contributed by atoms with E-state index in [1.54, 1.807) is 6.21 Å². The Morgan fingerprint density at radius 1 is 1.05 bits per heavy atom. The minimum atomic E-state index is 0.786. The fourth-order valence-corrected chi connectivity index (χ4v) is 2.46. The van der Waals surface area contributed by atoms with Crippen LogP contribution in [-0.2, 0) is 6.54 Å². The maximum absolute atomic E-state index is 4.28. The van der Waals surface area contributed by atoms with E-state index >= 15 is 0 Å². The van der Waals surface area contributed by atoms with Crippen LogP contribution in [0.5, 0.6) is 0 Å². The molecule has 0 fully saturated rings. The Hall–Kier alpha value is -2.69. The van der Waals surface area contributed by atoms with Gasteiger partial charge in [-0.05, 0) is 11.6 Å². The molecule has 1 aliphatic rings. The molecule has 98 valence electrons. The summed E-state index contributed by atoms with van der Waals surface area (Å²) in [5.41, 5.74) is 3.30. The van der Waals surface area contributed by atoms with Gasteiger partial charge in [0.05, 0.1) is 12.8 Å². The average Bonchev–Trinajstić information content (AvgIpc) is 3.14. The van der Waals surface area contributed by atoms with E-state index in [1.807, 2.05) is 24.4 Å². The zero-order valence-corrected chi connectivity index (χ0v) is 10.8. The second-order valence-corrected chi connectivity index (χ2v) is 4.74. The van der Waals surface area contributed by atoms with Crippen molar-refractivity contribution in [2.75, 3.05) is 6.54 Å². The number of benzene rings is 1. The van der Waals surface area contributed by atoms with Crippen LogP contribution in [0.3, 0.4) is 0 Å². The number of hydrogen-bond donors (Lipinski definition) is 1. The lowest BCUT2D eigenvalue weighted by atomic mass is 10.1. The number of rotatable bonds is 2. The Balaban J connectivity index is 1.76. The highest BCUT2D eigenvalue weighted by Crippen LogP contribution is 2.25. The normalized spacial score (nSPS) is 13.4. The lowest BCUT2D eigenvalue weighted by Crippen LogP contribution is -2.12. The lowest BCUT2D eigenvalue weighted by molar-refractivity contribution is 0.693. The van der Waals surface area contributed by atoms with Gasteiger partial charge in [-0.15, -0.1) is 10.2 Å². The summed E-state index contributed by atoms with van der Waals surface area (Å²) < 4.78 is 2.10. The third kappa shape index (κ3) is 1.75. The number of aromatic amines is 1. The van der Waals surface area contributed by atoms with Gasteiger partial charge in [-0.25, -0.2) is 0 Å². The molecule has 0 bridgehead atoms. The Morgan fingerprint density at radius 3 is 2.85 bits per heavy atom. The minimum absolute atomic E-state index is 0.786. The first-order chi connectivity index (χ1) is 9.92. The van der Waals surface area contributed by atoms with E-state index in [-0.39, 0.29) is 0 Å². The molecule has 1 N–H and O–H groups in total. The van der Waals surface area contributed by atoms with E-state index in [9.17, 15) is 0 Å². The highest BCUT2D eigenvalue weighted by molar-refractivity contribution is 5.77. The molecule has 3 aromatic rings. The first-order valence-corrected chi connectivity index (χ1v) is 6.59. The zero-order chi connectivity index (χ0) is 13.4. The molecule has 5 heteroatoms. The van der Waals surface area contributed by atoms with E-state index in [1.165, 1.54) is 5.56 Å². The molecule has 20 heavy (non-hydrogen) atoms. The summed E-state index contributed by atoms with van der Waals surface area (Å²) in [6.07, 6.45) is 3.76. The lowest BCUT2D eigenvalue weighted by Gasteiger charge is -2.08. The molecule has 2 aromatic heterocycles. The maximum atomic E-state index is 4.28. The predicted molar refractivity (Wildman–Crippen MR) is 77.7 cm³/mol. The topological polar surface area (TPSA) is 58.9 Å². The number of fused-ring (bicyclic) bond motifs is 1. The molecule has 3 heterocycles. The summed E-state index contributed by atoms with van der Waals surface area (Å²) in [4.78, 5) is 7.52. The van der Waals surface area contributed by atoms with Crippen LogP contribution in [0.2, 0.25) is 0 Å². The van der Waals surface area contributed by atoms with Crippen molar-refractivity contribution in [1.29, 1.82) is 0 Å². The molecule has 0 radical (unpaired) electrons. The summed E-state index contributed by atoms with van der Waals surface area (Å²) >= 11 is 0. The van der Waals surface area contributed by atoms with Crippen LogP contribution in [0.1, 0.15) is 5.82 Å². The summed E-state index contributed by atoms with van der Waals surface area (Å²) in [6, 6.07) is 12.4. The van der Waals surface area contributed by atoms with Crippen molar-refractivity contribution in [2.45, 2.75) is 6.54 Å². The molecule has 1 aliphatic heterocycles. The SMILES string of the molecule is C1=NCCn2c1nnc2-c1c[nH]c(-c2ccccc2)c1. The molecule has 0 amide bonds. The molecule has 0 saturated carbocycles. The maximum Gasteiger partial charge on any atom is 0.175 e. The predicted octanol–water partition coefficient (Wildman–Crippen LogP) is 2.37. The smallest absolute Gasteiger partial charge is 0.175 e. The van der Waals surface area contributed by atoms with Crippen LogP contribution in [0.15, 0.2) is 47.6 Å². The van der Waals surface area contributed by atoms with E-state index in [4.69, 9.17) is 0 Å². The monoisotopic (exact) mass is 263 g/mol. The molecule has 0 atom stereocenters. The van der Waals surface area contributed by atoms with Crippen LogP contribution >= 0.6 is 0 Å². The third-order valence-electron chi connectivity index (χ3n) is 3.46. The fourth-order valence-electron chi connectivity index (χ4n) is 2.46. The summed E-state index contributed by atoms with van der Waals surface area (Å²) in [6.45, 7) is 1.62. The van der Waals surface area contributed by atoms with Gasteiger partial charge in [0.2, 0.25) is 0 Å². The van der Waals surface area contributed by atoms with Gasteiger partial charge in [0.15, 0.2) is 11.6 Å². The minimum Gasteiger partial charge on any atom is -0.360 e. The molecule has 0 unspecified atom stereocenters. The van der Waals surface area contributed by atoms with Crippen molar-refractivity contribution in [3.63, 3.8) is 0 Å². The van der Waals surface area contributed by atoms with Crippen LogP contribution in [0, 0.1) is 0 Å². The molecule has 0 saturated heterocycles. The Labute approximate surface area is 116 Å². The standard InChI is InChI=1S/C15H13N5/c1-2-4-11(5-3-1)13-8-12(9-17-13)15-19-18-14-10-16-6-7-20(14)15/h1-5,8-10,17H,6-7H2. The van der Waals surface area contributed by atoms with Gasteiger partial charge >= 0.3 is 0 Å². The molecular weight excluding hydrogens is 250 g/mol. The van der Waals surface area contributed by atoms with E-state index in [2.05, 4.69) is 42.9 Å². The molecule has 1 aromatic carbocycles. The van der Waals surface area contributed by atoms with Gasteiger partial charge in [0.1, 0.15) is 0 Å². The van der Waals surface area contributed by atoms with Gasteiger partial charge in [-0.2, -0.15) is 0 Å². The fraction of sp³-hybridized carbons (Fsp3) is 0.133. The van der Waals surface area contributed by atoms with Crippen LogP contribution in [0.4, 0.5) is 0 Å².